The van der Waals surface area contributed by atoms with Gasteiger partial charge in [0.15, 0.2) is 0 Å². The summed E-state index contributed by atoms with van der Waals surface area (Å²) in [5.74, 6) is 0.606. The van der Waals surface area contributed by atoms with Gasteiger partial charge in [0, 0.05) is 17.8 Å². The van der Waals surface area contributed by atoms with Crippen LogP contribution in [0.2, 0.25) is 0 Å². The van der Waals surface area contributed by atoms with Gasteiger partial charge in [-0.25, -0.2) is 0 Å². The van der Waals surface area contributed by atoms with E-state index in [-0.39, 0.29) is 0 Å². The van der Waals surface area contributed by atoms with E-state index >= 15 is 0 Å². The van der Waals surface area contributed by atoms with Crippen LogP contribution in [0.4, 0.5) is 5.69 Å². The molecule has 0 bridgehead atoms. The lowest BCUT2D eigenvalue weighted by Crippen LogP contribution is -2.37. The molecule has 0 amide bonds. The number of nitrogens with zero attached hydrogens (tertiary/aromatic N) is 1. The maximum Gasteiger partial charge on any atom is 0.0609 e. The molecule has 17 heavy (non-hydrogen) atoms. The molecular formula is C16H19N. The monoisotopic (exact) mass is 225 g/mol. The van der Waals surface area contributed by atoms with Gasteiger partial charge in [0.2, 0.25) is 0 Å². The lowest BCUT2D eigenvalue weighted by molar-refractivity contribution is 0.585. The predicted octanol–water partition coefficient (Wildman–Crippen LogP) is 3.87. The summed E-state index contributed by atoms with van der Waals surface area (Å²) in [4.78, 5) is 2.58. The zero-order valence-corrected chi connectivity index (χ0v) is 10.6. The smallest absolute Gasteiger partial charge is 0.0609 e. The van der Waals surface area contributed by atoms with Crippen LogP contribution in [0.25, 0.3) is 5.57 Å². The van der Waals surface area contributed by atoms with Gasteiger partial charge >= 0.3 is 0 Å². The molecule has 1 aromatic rings. The number of anilines is 1. The van der Waals surface area contributed by atoms with Crippen LogP contribution in [0.5, 0.6) is 0 Å². The molecule has 3 rings (SSSR count). The highest BCUT2D eigenvalue weighted by Crippen LogP contribution is 2.44. The Bertz CT molecular complexity index is 484. The molecule has 1 heterocycles. The van der Waals surface area contributed by atoms with Gasteiger partial charge in [-0.05, 0) is 24.0 Å². The largest absolute Gasteiger partial charge is 0.363 e. The molecule has 0 fully saturated rings. The van der Waals surface area contributed by atoms with Crippen LogP contribution in [0.15, 0.2) is 42.5 Å². The summed E-state index contributed by atoms with van der Waals surface area (Å²) in [5, 5.41) is 0. The molecule has 1 heteroatoms. The molecule has 0 saturated heterocycles. The van der Waals surface area contributed by atoms with Gasteiger partial charge in [-0.15, -0.1) is 0 Å². The SMILES string of the molecule is CCCN1c2ccccc2C2=CC=CC(C)C21. The number of para-hydroxylation sites is 1. The quantitative estimate of drug-likeness (QED) is 0.738. The van der Waals surface area contributed by atoms with Crippen LogP contribution in [0.1, 0.15) is 25.8 Å². The number of hydrogen-bond acceptors (Lipinski definition) is 1. The second-order valence-corrected chi connectivity index (χ2v) is 5.02. The molecule has 1 aliphatic carbocycles. The summed E-state index contributed by atoms with van der Waals surface area (Å²) < 4.78 is 0. The molecule has 0 radical (unpaired) electrons. The third-order valence-corrected chi connectivity index (χ3v) is 3.83. The Morgan fingerprint density at radius 1 is 1.24 bits per heavy atom. The van der Waals surface area contributed by atoms with Crippen molar-refractivity contribution in [2.75, 3.05) is 11.4 Å². The van der Waals surface area contributed by atoms with Crippen molar-refractivity contribution >= 4 is 11.3 Å². The molecule has 2 unspecified atom stereocenters. The topological polar surface area (TPSA) is 3.24 Å². The Morgan fingerprint density at radius 2 is 2.06 bits per heavy atom. The van der Waals surface area contributed by atoms with E-state index in [1.807, 2.05) is 0 Å². The first-order chi connectivity index (χ1) is 8.33. The van der Waals surface area contributed by atoms with Crippen LogP contribution >= 0.6 is 0 Å². The minimum atomic E-state index is 0.553. The van der Waals surface area contributed by atoms with Crippen LogP contribution in [-0.4, -0.2) is 12.6 Å². The van der Waals surface area contributed by atoms with E-state index in [9.17, 15) is 0 Å². The van der Waals surface area contributed by atoms with Crippen LogP contribution in [-0.2, 0) is 0 Å². The van der Waals surface area contributed by atoms with Crippen LogP contribution in [0, 0.1) is 5.92 Å². The molecule has 2 atom stereocenters. The summed E-state index contributed by atoms with van der Waals surface area (Å²) in [7, 11) is 0. The maximum absolute atomic E-state index is 2.58. The van der Waals surface area contributed by atoms with Crippen LogP contribution < -0.4 is 4.90 Å². The maximum atomic E-state index is 2.58. The normalized spacial score (nSPS) is 25.5. The predicted molar refractivity (Wildman–Crippen MR) is 74.1 cm³/mol. The number of hydrogen-bond donors (Lipinski definition) is 0. The van der Waals surface area contributed by atoms with E-state index in [1.54, 1.807) is 0 Å². The van der Waals surface area contributed by atoms with Gasteiger partial charge in [-0.3, -0.25) is 0 Å². The Morgan fingerprint density at radius 3 is 2.88 bits per heavy atom. The number of fused-ring (bicyclic) bond motifs is 3. The van der Waals surface area contributed by atoms with Gasteiger partial charge in [0.1, 0.15) is 0 Å². The zero-order valence-electron chi connectivity index (χ0n) is 10.6. The molecular weight excluding hydrogens is 206 g/mol. The average Bonchev–Trinajstić information content (AvgIpc) is 2.67. The minimum Gasteiger partial charge on any atom is -0.363 e. The first-order valence-electron chi connectivity index (χ1n) is 6.57. The van der Waals surface area contributed by atoms with Gasteiger partial charge in [0.25, 0.3) is 0 Å². The summed E-state index contributed by atoms with van der Waals surface area (Å²) in [6.45, 7) is 5.73. The van der Waals surface area contributed by atoms with Crippen molar-refractivity contribution in [2.24, 2.45) is 5.92 Å². The minimum absolute atomic E-state index is 0.553. The van der Waals surface area contributed by atoms with E-state index in [0.717, 1.165) is 6.54 Å². The van der Waals surface area contributed by atoms with Crippen molar-refractivity contribution in [3.05, 3.63) is 48.1 Å². The van der Waals surface area contributed by atoms with E-state index in [1.165, 1.54) is 23.2 Å². The van der Waals surface area contributed by atoms with Gasteiger partial charge < -0.3 is 4.90 Å². The summed E-state index contributed by atoms with van der Waals surface area (Å²) in [5.41, 5.74) is 4.35. The molecule has 88 valence electrons. The number of rotatable bonds is 2. The van der Waals surface area contributed by atoms with Gasteiger partial charge in [-0.1, -0.05) is 50.3 Å². The fourth-order valence-corrected chi connectivity index (χ4v) is 3.14. The summed E-state index contributed by atoms with van der Waals surface area (Å²) in [6.07, 6.45) is 8.03. The van der Waals surface area contributed by atoms with E-state index in [4.69, 9.17) is 0 Å². The fourth-order valence-electron chi connectivity index (χ4n) is 3.14. The fraction of sp³-hybridized carbons (Fsp3) is 0.375. The lowest BCUT2D eigenvalue weighted by Gasteiger charge is -2.32. The van der Waals surface area contributed by atoms with Crippen molar-refractivity contribution in [2.45, 2.75) is 26.3 Å². The van der Waals surface area contributed by atoms with E-state index < -0.39 is 0 Å². The van der Waals surface area contributed by atoms with Gasteiger partial charge in [0.05, 0.1) is 6.04 Å². The third kappa shape index (κ3) is 1.53. The number of benzene rings is 1. The highest BCUT2D eigenvalue weighted by Gasteiger charge is 2.36. The van der Waals surface area contributed by atoms with E-state index in [2.05, 4.69) is 61.2 Å². The Labute approximate surface area is 103 Å². The highest BCUT2D eigenvalue weighted by atomic mass is 15.2. The lowest BCUT2D eigenvalue weighted by atomic mass is 9.88. The van der Waals surface area contributed by atoms with Crippen LogP contribution in [0.3, 0.4) is 0 Å². The Balaban J connectivity index is 2.12. The van der Waals surface area contributed by atoms with Crippen molar-refractivity contribution in [3.63, 3.8) is 0 Å². The summed E-state index contributed by atoms with van der Waals surface area (Å²) >= 11 is 0. The van der Waals surface area contributed by atoms with Crippen molar-refractivity contribution in [1.29, 1.82) is 0 Å². The Kier molecular flexibility index (Phi) is 2.54. The zero-order chi connectivity index (χ0) is 11.8. The van der Waals surface area contributed by atoms with Crippen molar-refractivity contribution < 1.29 is 0 Å². The second-order valence-electron chi connectivity index (χ2n) is 5.02. The molecule has 0 spiro atoms. The van der Waals surface area contributed by atoms with Crippen molar-refractivity contribution in [3.8, 4) is 0 Å². The van der Waals surface area contributed by atoms with Crippen molar-refractivity contribution in [1.82, 2.24) is 0 Å². The number of allylic oxidation sites excluding steroid dienone is 2. The second kappa shape index (κ2) is 4.06. The van der Waals surface area contributed by atoms with E-state index in [0.29, 0.717) is 12.0 Å². The third-order valence-electron chi connectivity index (χ3n) is 3.83. The van der Waals surface area contributed by atoms with Gasteiger partial charge in [-0.2, -0.15) is 0 Å². The molecule has 1 nitrogen and oxygen atoms in total. The first-order valence-corrected chi connectivity index (χ1v) is 6.57. The standard InChI is InChI=1S/C16H19N/c1-3-11-17-15-10-5-4-8-13(15)14-9-6-7-12(2)16(14)17/h4-10,12,16H,3,11H2,1-2H3. The molecule has 0 saturated carbocycles. The molecule has 0 aromatic heterocycles. The summed E-state index contributed by atoms with van der Waals surface area (Å²) in [6, 6.07) is 9.37. The Hall–Kier alpha value is -1.50. The molecule has 1 aromatic carbocycles. The average molecular weight is 225 g/mol. The molecule has 1 aliphatic heterocycles. The first kappa shape index (κ1) is 10.6. The highest BCUT2D eigenvalue weighted by molar-refractivity contribution is 5.89. The molecule has 2 aliphatic rings. The molecule has 0 N–H and O–H groups in total.